The van der Waals surface area contributed by atoms with E-state index in [1.807, 2.05) is 31.2 Å². The summed E-state index contributed by atoms with van der Waals surface area (Å²) in [6.45, 7) is 2.34. The summed E-state index contributed by atoms with van der Waals surface area (Å²) in [4.78, 5) is 26.9. The second kappa shape index (κ2) is 7.70. The maximum atomic E-state index is 12.8. The number of aryl methyl sites for hydroxylation is 1. The fourth-order valence-corrected chi connectivity index (χ4v) is 3.32. The van der Waals surface area contributed by atoms with Crippen LogP contribution in [0.5, 0.6) is 5.75 Å². The van der Waals surface area contributed by atoms with Crippen LogP contribution < -0.4 is 15.0 Å². The van der Waals surface area contributed by atoms with Gasteiger partial charge in [0, 0.05) is 24.3 Å². The lowest BCUT2D eigenvalue weighted by Crippen LogP contribution is -2.28. The van der Waals surface area contributed by atoms with E-state index in [0.717, 1.165) is 11.3 Å². The molecular weight excluding hydrogens is 372 g/mol. The fourth-order valence-electron chi connectivity index (χ4n) is 3.32. The minimum atomic E-state index is -0.428. The highest BCUT2D eigenvalue weighted by Gasteiger charge is 2.35. The van der Waals surface area contributed by atoms with Crippen LogP contribution in [0.4, 0.5) is 11.4 Å². The maximum absolute atomic E-state index is 12.8. The summed E-state index contributed by atoms with van der Waals surface area (Å²) >= 11 is 0. The first-order valence-electron chi connectivity index (χ1n) is 9.14. The third kappa shape index (κ3) is 3.79. The standard InChI is InChI=1S/C20H20N6O3/c1-13-3-6-16(7-4-13)25-11-14(9-19(25)27)20(28)22-15-5-8-18(29-2)17(10-15)26-12-21-23-24-26/h3-8,10,12,14H,9,11H2,1-2H3,(H,22,28)/t14-/m1/s1. The van der Waals surface area contributed by atoms with Crippen LogP contribution in [0.15, 0.2) is 48.8 Å². The van der Waals surface area contributed by atoms with E-state index in [0.29, 0.717) is 23.7 Å². The lowest BCUT2D eigenvalue weighted by molar-refractivity contribution is -0.122. The number of aromatic nitrogens is 4. The van der Waals surface area contributed by atoms with Gasteiger partial charge in [-0.05, 0) is 47.7 Å². The largest absolute Gasteiger partial charge is 0.494 e. The lowest BCUT2D eigenvalue weighted by atomic mass is 10.1. The first kappa shape index (κ1) is 18.6. The zero-order chi connectivity index (χ0) is 20.4. The van der Waals surface area contributed by atoms with Crippen molar-refractivity contribution < 1.29 is 14.3 Å². The van der Waals surface area contributed by atoms with Crippen molar-refractivity contribution in [3.63, 3.8) is 0 Å². The van der Waals surface area contributed by atoms with Crippen LogP contribution in [0.25, 0.3) is 5.69 Å². The van der Waals surface area contributed by atoms with Crippen LogP contribution in [0.1, 0.15) is 12.0 Å². The number of hydrogen-bond donors (Lipinski definition) is 1. The molecule has 1 saturated heterocycles. The van der Waals surface area contributed by atoms with E-state index in [1.54, 1.807) is 30.2 Å². The quantitative estimate of drug-likeness (QED) is 0.712. The van der Waals surface area contributed by atoms with Gasteiger partial charge >= 0.3 is 0 Å². The summed E-state index contributed by atoms with van der Waals surface area (Å²) in [7, 11) is 1.55. The third-order valence-corrected chi connectivity index (χ3v) is 4.88. The summed E-state index contributed by atoms with van der Waals surface area (Å²) in [6.07, 6.45) is 1.62. The first-order chi connectivity index (χ1) is 14.0. The van der Waals surface area contributed by atoms with Crippen LogP contribution in [0, 0.1) is 12.8 Å². The van der Waals surface area contributed by atoms with E-state index in [2.05, 4.69) is 20.8 Å². The smallest absolute Gasteiger partial charge is 0.229 e. The minimum absolute atomic E-state index is 0.0573. The summed E-state index contributed by atoms with van der Waals surface area (Å²) in [5.41, 5.74) is 3.09. The van der Waals surface area contributed by atoms with E-state index in [1.165, 1.54) is 11.0 Å². The Morgan fingerprint density at radius 1 is 1.21 bits per heavy atom. The van der Waals surface area contributed by atoms with Crippen LogP contribution in [-0.2, 0) is 9.59 Å². The van der Waals surface area contributed by atoms with Gasteiger partial charge in [0.1, 0.15) is 17.8 Å². The number of anilines is 2. The number of benzene rings is 2. The normalized spacial score (nSPS) is 16.1. The Balaban J connectivity index is 1.49. The van der Waals surface area contributed by atoms with Gasteiger partial charge in [0.25, 0.3) is 0 Å². The molecule has 2 aromatic carbocycles. The van der Waals surface area contributed by atoms with Gasteiger partial charge < -0.3 is 15.0 Å². The van der Waals surface area contributed by atoms with Gasteiger partial charge in [-0.1, -0.05) is 17.7 Å². The molecule has 148 valence electrons. The molecule has 0 unspecified atom stereocenters. The molecule has 0 radical (unpaired) electrons. The molecule has 1 aromatic heterocycles. The summed E-state index contributed by atoms with van der Waals surface area (Å²) in [5.74, 6) is -0.127. The number of carbonyl (C=O) groups is 2. The van der Waals surface area contributed by atoms with Crippen LogP contribution >= 0.6 is 0 Å². The van der Waals surface area contributed by atoms with Gasteiger partial charge in [0.05, 0.1) is 13.0 Å². The number of nitrogens with zero attached hydrogens (tertiary/aromatic N) is 5. The van der Waals surface area contributed by atoms with Gasteiger partial charge in [-0.3, -0.25) is 9.59 Å². The van der Waals surface area contributed by atoms with E-state index in [4.69, 9.17) is 4.74 Å². The monoisotopic (exact) mass is 392 g/mol. The molecule has 0 aliphatic carbocycles. The molecule has 0 spiro atoms. The molecule has 1 fully saturated rings. The highest BCUT2D eigenvalue weighted by molar-refractivity contribution is 6.03. The van der Waals surface area contributed by atoms with E-state index in [9.17, 15) is 9.59 Å². The van der Waals surface area contributed by atoms with Gasteiger partial charge in [-0.25, -0.2) is 0 Å². The molecule has 9 heteroatoms. The van der Waals surface area contributed by atoms with E-state index >= 15 is 0 Å². The molecule has 1 N–H and O–H groups in total. The number of methoxy groups -OCH3 is 1. The highest BCUT2D eigenvalue weighted by atomic mass is 16.5. The predicted molar refractivity (Wildman–Crippen MR) is 106 cm³/mol. The number of rotatable bonds is 5. The topological polar surface area (TPSA) is 102 Å². The van der Waals surface area contributed by atoms with E-state index in [-0.39, 0.29) is 18.2 Å². The van der Waals surface area contributed by atoms with Gasteiger partial charge in [-0.15, -0.1) is 5.10 Å². The first-order valence-corrected chi connectivity index (χ1v) is 9.14. The minimum Gasteiger partial charge on any atom is -0.494 e. The molecule has 2 heterocycles. The number of nitrogens with one attached hydrogen (secondary N) is 1. The summed E-state index contributed by atoms with van der Waals surface area (Å²) < 4.78 is 6.79. The zero-order valence-corrected chi connectivity index (χ0v) is 16.1. The van der Waals surface area contributed by atoms with Crippen molar-refractivity contribution in [1.82, 2.24) is 20.2 Å². The number of ether oxygens (including phenoxy) is 1. The lowest BCUT2D eigenvalue weighted by Gasteiger charge is -2.17. The number of carbonyl (C=O) groups excluding carboxylic acids is 2. The molecule has 0 bridgehead atoms. The second-order valence-corrected chi connectivity index (χ2v) is 6.87. The molecule has 3 aromatic rings. The van der Waals surface area contributed by atoms with Gasteiger partial charge in [0.15, 0.2) is 0 Å². The molecular formula is C20H20N6O3. The fraction of sp³-hybridized carbons (Fsp3) is 0.250. The van der Waals surface area contributed by atoms with Crippen molar-refractivity contribution >= 4 is 23.2 Å². The molecule has 29 heavy (non-hydrogen) atoms. The van der Waals surface area contributed by atoms with Crippen molar-refractivity contribution in [2.45, 2.75) is 13.3 Å². The summed E-state index contributed by atoms with van der Waals surface area (Å²) in [6, 6.07) is 12.9. The number of tetrazole rings is 1. The average molecular weight is 392 g/mol. The summed E-state index contributed by atoms with van der Waals surface area (Å²) in [5, 5.41) is 14.0. The molecule has 1 aliphatic heterocycles. The van der Waals surface area contributed by atoms with E-state index < -0.39 is 5.92 Å². The van der Waals surface area contributed by atoms with Crippen molar-refractivity contribution in [3.05, 3.63) is 54.4 Å². The Morgan fingerprint density at radius 2 is 2.00 bits per heavy atom. The molecule has 0 saturated carbocycles. The highest BCUT2D eigenvalue weighted by Crippen LogP contribution is 2.28. The third-order valence-electron chi connectivity index (χ3n) is 4.88. The van der Waals surface area contributed by atoms with Crippen LogP contribution in [-0.4, -0.2) is 45.7 Å². The SMILES string of the molecule is COc1ccc(NC(=O)[C@@H]2CC(=O)N(c3ccc(C)cc3)C2)cc1-n1cnnn1. The molecule has 1 aliphatic rings. The predicted octanol–water partition coefficient (Wildman–Crippen LogP) is 1.97. The Bertz CT molecular complexity index is 1030. The Labute approximate surface area is 167 Å². The Morgan fingerprint density at radius 3 is 2.69 bits per heavy atom. The van der Waals surface area contributed by atoms with Crippen molar-refractivity contribution in [3.8, 4) is 11.4 Å². The average Bonchev–Trinajstić information content (AvgIpc) is 3.39. The zero-order valence-electron chi connectivity index (χ0n) is 16.1. The second-order valence-electron chi connectivity index (χ2n) is 6.87. The molecule has 4 rings (SSSR count). The Kier molecular flexibility index (Phi) is 4.94. The Hall–Kier alpha value is -3.75. The van der Waals surface area contributed by atoms with Crippen molar-refractivity contribution in [1.29, 1.82) is 0 Å². The molecule has 1 atom stereocenters. The number of amides is 2. The molecule has 2 amide bonds. The van der Waals surface area contributed by atoms with Crippen LogP contribution in [0.3, 0.4) is 0 Å². The van der Waals surface area contributed by atoms with Crippen LogP contribution in [0.2, 0.25) is 0 Å². The maximum Gasteiger partial charge on any atom is 0.229 e. The van der Waals surface area contributed by atoms with Gasteiger partial charge in [-0.2, -0.15) is 4.68 Å². The number of hydrogen-bond acceptors (Lipinski definition) is 6. The molecule has 9 nitrogen and oxygen atoms in total. The van der Waals surface area contributed by atoms with Crippen molar-refractivity contribution in [2.24, 2.45) is 5.92 Å². The van der Waals surface area contributed by atoms with Crippen molar-refractivity contribution in [2.75, 3.05) is 23.9 Å². The van der Waals surface area contributed by atoms with Gasteiger partial charge in [0.2, 0.25) is 11.8 Å².